The highest BCUT2D eigenvalue weighted by Crippen LogP contribution is 2.29. The summed E-state index contributed by atoms with van der Waals surface area (Å²) in [5.41, 5.74) is 1.96. The molecule has 0 radical (unpaired) electrons. The molecule has 0 N–H and O–H groups in total. The van der Waals surface area contributed by atoms with Gasteiger partial charge in [-0.1, -0.05) is 32.4 Å². The minimum Gasteiger partial charge on any atom is -0.293 e. The van der Waals surface area contributed by atoms with Crippen LogP contribution in [-0.4, -0.2) is 24.0 Å². The minimum atomic E-state index is 0.365. The average Bonchev–Trinajstić information content (AvgIpc) is 2.30. The molecule has 12 heavy (non-hydrogen) atoms. The van der Waals surface area contributed by atoms with Crippen LogP contribution >= 0.6 is 0 Å². The Hall–Kier alpha value is -0.300. The van der Waals surface area contributed by atoms with Gasteiger partial charge < -0.3 is 0 Å². The van der Waals surface area contributed by atoms with Gasteiger partial charge in [0.25, 0.3) is 0 Å². The van der Waals surface area contributed by atoms with Crippen molar-refractivity contribution in [2.24, 2.45) is 5.41 Å². The van der Waals surface area contributed by atoms with Crippen molar-refractivity contribution in [1.82, 2.24) is 4.90 Å². The highest BCUT2D eigenvalue weighted by atomic mass is 15.2. The zero-order valence-electron chi connectivity index (χ0n) is 9.02. The second kappa shape index (κ2) is 3.21. The molecule has 0 aromatic carbocycles. The summed E-state index contributed by atoms with van der Waals surface area (Å²) in [4.78, 5) is 2.50. The van der Waals surface area contributed by atoms with Crippen molar-refractivity contribution < 1.29 is 0 Å². The lowest BCUT2D eigenvalue weighted by molar-refractivity contribution is 0.273. The quantitative estimate of drug-likeness (QED) is 0.543. The Labute approximate surface area is 76.5 Å². The molecule has 0 saturated heterocycles. The Morgan fingerprint density at radius 1 is 1.33 bits per heavy atom. The highest BCUT2D eigenvalue weighted by molar-refractivity contribution is 5.18. The van der Waals surface area contributed by atoms with Crippen LogP contribution in [0.2, 0.25) is 0 Å². The van der Waals surface area contributed by atoms with Gasteiger partial charge in [0.05, 0.1) is 0 Å². The van der Waals surface area contributed by atoms with E-state index in [-0.39, 0.29) is 0 Å². The highest BCUT2D eigenvalue weighted by Gasteiger charge is 2.24. The summed E-state index contributed by atoms with van der Waals surface area (Å²) in [6, 6.07) is 0.682. The monoisotopic (exact) mass is 167 g/mol. The van der Waals surface area contributed by atoms with E-state index in [0.717, 1.165) is 6.54 Å². The van der Waals surface area contributed by atoms with Crippen molar-refractivity contribution in [3.63, 3.8) is 0 Å². The summed E-state index contributed by atoms with van der Waals surface area (Å²) < 4.78 is 0. The van der Waals surface area contributed by atoms with Gasteiger partial charge in [0.15, 0.2) is 0 Å². The summed E-state index contributed by atoms with van der Waals surface area (Å²) in [5, 5.41) is 0. The molecule has 0 fully saturated rings. The van der Waals surface area contributed by atoms with E-state index in [1.54, 1.807) is 5.57 Å². The summed E-state index contributed by atoms with van der Waals surface area (Å²) in [6.45, 7) is 13.7. The molecule has 0 spiro atoms. The van der Waals surface area contributed by atoms with Gasteiger partial charge in [0, 0.05) is 19.1 Å². The molecule has 0 bridgehead atoms. The average molecular weight is 167 g/mol. The van der Waals surface area contributed by atoms with E-state index in [1.807, 2.05) is 0 Å². The van der Waals surface area contributed by atoms with E-state index in [9.17, 15) is 0 Å². The SMILES string of the molecule is CC(C)N1CC=C(C(C)(C)C)C1. The second-order valence-corrected chi connectivity index (χ2v) is 5.00. The van der Waals surface area contributed by atoms with Gasteiger partial charge in [0.2, 0.25) is 0 Å². The zero-order valence-corrected chi connectivity index (χ0v) is 9.02. The first-order chi connectivity index (χ1) is 5.41. The predicted octanol–water partition coefficient (Wildman–Crippen LogP) is 2.68. The fourth-order valence-electron chi connectivity index (χ4n) is 1.51. The van der Waals surface area contributed by atoms with Crippen LogP contribution in [0.15, 0.2) is 11.6 Å². The molecular formula is C11H21N. The van der Waals surface area contributed by atoms with Crippen LogP contribution in [0.1, 0.15) is 34.6 Å². The molecule has 0 aromatic heterocycles. The van der Waals surface area contributed by atoms with Gasteiger partial charge in [-0.2, -0.15) is 0 Å². The third kappa shape index (κ3) is 2.10. The Morgan fingerprint density at radius 3 is 2.17 bits per heavy atom. The van der Waals surface area contributed by atoms with Gasteiger partial charge >= 0.3 is 0 Å². The fourth-order valence-corrected chi connectivity index (χ4v) is 1.51. The van der Waals surface area contributed by atoms with Crippen molar-refractivity contribution in [3.8, 4) is 0 Å². The molecule has 0 amide bonds. The first kappa shape index (κ1) is 9.79. The van der Waals surface area contributed by atoms with Crippen molar-refractivity contribution in [2.45, 2.75) is 40.7 Å². The summed E-state index contributed by atoms with van der Waals surface area (Å²) >= 11 is 0. The van der Waals surface area contributed by atoms with E-state index in [4.69, 9.17) is 0 Å². The standard InChI is InChI=1S/C11H21N/c1-9(2)12-7-6-10(8-12)11(3,4)5/h6,9H,7-8H2,1-5H3. The van der Waals surface area contributed by atoms with Crippen molar-refractivity contribution in [3.05, 3.63) is 11.6 Å². The van der Waals surface area contributed by atoms with E-state index in [2.05, 4.69) is 45.6 Å². The fraction of sp³-hybridized carbons (Fsp3) is 0.818. The third-order valence-electron chi connectivity index (χ3n) is 2.64. The van der Waals surface area contributed by atoms with Crippen LogP contribution in [0.3, 0.4) is 0 Å². The van der Waals surface area contributed by atoms with Gasteiger partial charge in [-0.15, -0.1) is 0 Å². The van der Waals surface area contributed by atoms with Gasteiger partial charge in [-0.05, 0) is 19.3 Å². The smallest absolute Gasteiger partial charge is 0.0204 e. The topological polar surface area (TPSA) is 3.24 Å². The maximum atomic E-state index is 2.50. The zero-order chi connectivity index (χ0) is 9.35. The van der Waals surface area contributed by atoms with Crippen molar-refractivity contribution >= 4 is 0 Å². The molecule has 1 nitrogen and oxygen atoms in total. The van der Waals surface area contributed by atoms with Crippen LogP contribution in [-0.2, 0) is 0 Å². The largest absolute Gasteiger partial charge is 0.293 e. The van der Waals surface area contributed by atoms with Crippen LogP contribution in [0.4, 0.5) is 0 Å². The maximum absolute atomic E-state index is 2.50. The van der Waals surface area contributed by atoms with E-state index in [0.29, 0.717) is 11.5 Å². The first-order valence-corrected chi connectivity index (χ1v) is 4.85. The summed E-state index contributed by atoms with van der Waals surface area (Å²) in [6.07, 6.45) is 2.39. The van der Waals surface area contributed by atoms with Crippen LogP contribution in [0.25, 0.3) is 0 Å². The van der Waals surface area contributed by atoms with Gasteiger partial charge in [-0.25, -0.2) is 0 Å². The molecule has 0 unspecified atom stereocenters. The second-order valence-electron chi connectivity index (χ2n) is 5.00. The predicted molar refractivity (Wildman–Crippen MR) is 54.2 cm³/mol. The molecule has 0 saturated carbocycles. The normalized spacial score (nSPS) is 20.3. The lowest BCUT2D eigenvalue weighted by Crippen LogP contribution is -2.30. The Balaban J connectivity index is 2.55. The number of hydrogen-bond acceptors (Lipinski definition) is 1. The first-order valence-electron chi connectivity index (χ1n) is 4.85. The molecule has 1 aliphatic rings. The minimum absolute atomic E-state index is 0.365. The Morgan fingerprint density at radius 2 is 1.92 bits per heavy atom. The Bertz CT molecular complexity index is 184. The molecule has 0 aromatic rings. The van der Waals surface area contributed by atoms with Crippen LogP contribution in [0, 0.1) is 5.41 Å². The van der Waals surface area contributed by atoms with Crippen molar-refractivity contribution in [2.75, 3.05) is 13.1 Å². The van der Waals surface area contributed by atoms with E-state index >= 15 is 0 Å². The number of nitrogens with zero attached hydrogens (tertiary/aromatic N) is 1. The number of hydrogen-bond donors (Lipinski definition) is 0. The molecule has 0 atom stereocenters. The lowest BCUT2D eigenvalue weighted by atomic mass is 9.87. The maximum Gasteiger partial charge on any atom is 0.0204 e. The molecular weight excluding hydrogens is 146 g/mol. The van der Waals surface area contributed by atoms with Gasteiger partial charge in [-0.3, -0.25) is 4.90 Å². The summed E-state index contributed by atoms with van der Waals surface area (Å²) in [7, 11) is 0. The molecule has 70 valence electrons. The van der Waals surface area contributed by atoms with E-state index in [1.165, 1.54) is 6.54 Å². The molecule has 0 aliphatic carbocycles. The summed E-state index contributed by atoms with van der Waals surface area (Å²) in [5.74, 6) is 0. The molecule has 1 aliphatic heterocycles. The molecule has 1 rings (SSSR count). The van der Waals surface area contributed by atoms with Crippen LogP contribution in [0.5, 0.6) is 0 Å². The Kier molecular flexibility index (Phi) is 2.62. The molecule has 1 heterocycles. The van der Waals surface area contributed by atoms with E-state index < -0.39 is 0 Å². The third-order valence-corrected chi connectivity index (χ3v) is 2.64. The van der Waals surface area contributed by atoms with Gasteiger partial charge in [0.1, 0.15) is 0 Å². The van der Waals surface area contributed by atoms with Crippen molar-refractivity contribution in [1.29, 1.82) is 0 Å². The molecule has 1 heteroatoms. The lowest BCUT2D eigenvalue weighted by Gasteiger charge is -2.25. The number of rotatable bonds is 1. The van der Waals surface area contributed by atoms with Crippen LogP contribution < -0.4 is 0 Å².